The van der Waals surface area contributed by atoms with Crippen molar-refractivity contribution < 1.29 is 8.42 Å². The SMILES string of the molecule is CC(C)c1ccc(NS(=O)(=O)c2cn(C)nc2N)cc1. The normalized spacial score (nSPS) is 11.8. The number of hydrogen-bond acceptors (Lipinski definition) is 4. The lowest BCUT2D eigenvalue weighted by Gasteiger charge is -2.09. The van der Waals surface area contributed by atoms with Crippen molar-refractivity contribution >= 4 is 21.5 Å². The van der Waals surface area contributed by atoms with Crippen LogP contribution in [-0.2, 0) is 17.1 Å². The van der Waals surface area contributed by atoms with Gasteiger partial charge in [-0.15, -0.1) is 0 Å². The highest BCUT2D eigenvalue weighted by Crippen LogP contribution is 2.22. The number of sulfonamides is 1. The van der Waals surface area contributed by atoms with Crippen LogP contribution in [0.5, 0.6) is 0 Å². The Kier molecular flexibility index (Phi) is 3.71. The number of aromatic nitrogens is 2. The highest BCUT2D eigenvalue weighted by Gasteiger charge is 2.20. The molecule has 0 saturated carbocycles. The quantitative estimate of drug-likeness (QED) is 0.901. The first-order valence-corrected chi connectivity index (χ1v) is 7.70. The molecule has 3 N–H and O–H groups in total. The third-order valence-corrected chi connectivity index (χ3v) is 4.34. The van der Waals surface area contributed by atoms with Crippen molar-refractivity contribution in [1.29, 1.82) is 0 Å². The molecule has 1 aromatic carbocycles. The second kappa shape index (κ2) is 5.16. The van der Waals surface area contributed by atoms with Gasteiger partial charge in [-0.25, -0.2) is 8.42 Å². The van der Waals surface area contributed by atoms with E-state index in [1.807, 2.05) is 12.1 Å². The van der Waals surface area contributed by atoms with Crippen LogP contribution in [0.1, 0.15) is 25.3 Å². The minimum Gasteiger partial charge on any atom is -0.381 e. The maximum atomic E-state index is 12.2. The molecule has 1 heterocycles. The highest BCUT2D eigenvalue weighted by molar-refractivity contribution is 7.92. The number of nitrogens with zero attached hydrogens (tertiary/aromatic N) is 2. The maximum Gasteiger partial charge on any atom is 0.267 e. The number of nitrogens with one attached hydrogen (secondary N) is 1. The van der Waals surface area contributed by atoms with Crippen molar-refractivity contribution in [3.8, 4) is 0 Å². The van der Waals surface area contributed by atoms with Gasteiger partial charge in [-0.05, 0) is 23.6 Å². The zero-order chi connectivity index (χ0) is 14.9. The Labute approximate surface area is 118 Å². The molecule has 1 aromatic heterocycles. The van der Waals surface area contributed by atoms with Crippen molar-refractivity contribution in [2.24, 2.45) is 7.05 Å². The van der Waals surface area contributed by atoms with Crippen LogP contribution in [-0.4, -0.2) is 18.2 Å². The second-order valence-corrected chi connectivity index (χ2v) is 6.59. The van der Waals surface area contributed by atoms with Gasteiger partial charge < -0.3 is 5.73 Å². The topological polar surface area (TPSA) is 90.0 Å². The summed E-state index contributed by atoms with van der Waals surface area (Å²) >= 11 is 0. The molecule has 0 fully saturated rings. The summed E-state index contributed by atoms with van der Waals surface area (Å²) in [6.45, 7) is 4.16. The molecular weight excluding hydrogens is 276 g/mol. The summed E-state index contributed by atoms with van der Waals surface area (Å²) in [7, 11) is -2.10. The largest absolute Gasteiger partial charge is 0.381 e. The Morgan fingerprint density at radius 3 is 2.30 bits per heavy atom. The maximum absolute atomic E-state index is 12.2. The molecule has 20 heavy (non-hydrogen) atoms. The average Bonchev–Trinajstić information content (AvgIpc) is 2.69. The molecule has 6 nitrogen and oxygen atoms in total. The van der Waals surface area contributed by atoms with Gasteiger partial charge in [0.05, 0.1) is 0 Å². The minimum atomic E-state index is -3.71. The van der Waals surface area contributed by atoms with Crippen LogP contribution < -0.4 is 10.5 Å². The van der Waals surface area contributed by atoms with Crippen LogP contribution in [0, 0.1) is 0 Å². The van der Waals surface area contributed by atoms with Crippen molar-refractivity contribution in [3.63, 3.8) is 0 Å². The van der Waals surface area contributed by atoms with Gasteiger partial charge in [0.2, 0.25) is 0 Å². The van der Waals surface area contributed by atoms with E-state index < -0.39 is 10.0 Å². The molecule has 0 aliphatic heterocycles. The van der Waals surface area contributed by atoms with Gasteiger partial charge in [0.15, 0.2) is 5.82 Å². The Hall–Kier alpha value is -2.02. The van der Waals surface area contributed by atoms with E-state index in [-0.39, 0.29) is 10.7 Å². The first kappa shape index (κ1) is 14.4. The molecule has 0 amide bonds. The second-order valence-electron chi connectivity index (χ2n) is 4.93. The van der Waals surface area contributed by atoms with E-state index in [9.17, 15) is 8.42 Å². The zero-order valence-electron chi connectivity index (χ0n) is 11.7. The monoisotopic (exact) mass is 294 g/mol. The van der Waals surface area contributed by atoms with Crippen LogP contribution in [0.2, 0.25) is 0 Å². The van der Waals surface area contributed by atoms with Gasteiger partial charge in [-0.2, -0.15) is 5.10 Å². The highest BCUT2D eigenvalue weighted by atomic mass is 32.2. The summed E-state index contributed by atoms with van der Waals surface area (Å²) < 4.78 is 28.3. The Morgan fingerprint density at radius 2 is 1.85 bits per heavy atom. The molecule has 0 aliphatic carbocycles. The molecule has 0 unspecified atom stereocenters. The molecule has 0 atom stereocenters. The molecule has 0 aliphatic rings. The fourth-order valence-electron chi connectivity index (χ4n) is 1.84. The molecule has 7 heteroatoms. The fourth-order valence-corrected chi connectivity index (χ4v) is 3.00. The van der Waals surface area contributed by atoms with Crippen LogP contribution in [0.25, 0.3) is 0 Å². The number of rotatable bonds is 4. The lowest BCUT2D eigenvalue weighted by Crippen LogP contribution is -2.13. The molecule has 0 spiro atoms. The Morgan fingerprint density at radius 1 is 1.25 bits per heavy atom. The summed E-state index contributed by atoms with van der Waals surface area (Å²) in [5.74, 6) is 0.383. The van der Waals surface area contributed by atoms with E-state index in [1.54, 1.807) is 19.2 Å². The zero-order valence-corrected chi connectivity index (χ0v) is 12.5. The van der Waals surface area contributed by atoms with E-state index >= 15 is 0 Å². The summed E-state index contributed by atoms with van der Waals surface area (Å²) in [6, 6.07) is 7.27. The van der Waals surface area contributed by atoms with Crippen LogP contribution >= 0.6 is 0 Å². The fraction of sp³-hybridized carbons (Fsp3) is 0.308. The standard InChI is InChI=1S/C13H18N4O2S/c1-9(2)10-4-6-11(7-5-10)16-20(18,19)12-8-17(3)15-13(12)14/h4-9,16H,1-3H3,(H2,14,15). The van der Waals surface area contributed by atoms with Gasteiger partial charge in [-0.3, -0.25) is 9.40 Å². The number of aryl methyl sites for hydroxylation is 1. The average molecular weight is 294 g/mol. The molecule has 0 saturated heterocycles. The summed E-state index contributed by atoms with van der Waals surface area (Å²) in [4.78, 5) is -0.0204. The first-order valence-electron chi connectivity index (χ1n) is 6.21. The first-order chi connectivity index (χ1) is 9.29. The van der Waals surface area contributed by atoms with Crippen LogP contribution in [0.15, 0.2) is 35.4 Å². The third kappa shape index (κ3) is 2.93. The van der Waals surface area contributed by atoms with E-state index in [1.165, 1.54) is 10.9 Å². The molecule has 0 radical (unpaired) electrons. The molecule has 2 aromatic rings. The van der Waals surface area contributed by atoms with Crippen molar-refractivity contribution in [1.82, 2.24) is 9.78 Å². The van der Waals surface area contributed by atoms with E-state index in [0.29, 0.717) is 11.6 Å². The van der Waals surface area contributed by atoms with Gasteiger partial charge in [0.25, 0.3) is 10.0 Å². The smallest absolute Gasteiger partial charge is 0.267 e. The van der Waals surface area contributed by atoms with Crippen molar-refractivity contribution in [2.45, 2.75) is 24.7 Å². The number of nitrogen functional groups attached to an aromatic ring is 1. The van der Waals surface area contributed by atoms with Gasteiger partial charge >= 0.3 is 0 Å². The lowest BCUT2D eigenvalue weighted by molar-refractivity contribution is 0.601. The summed E-state index contributed by atoms with van der Waals surface area (Å²) in [5, 5.41) is 3.83. The number of anilines is 2. The predicted molar refractivity (Wildman–Crippen MR) is 79.0 cm³/mol. The van der Waals surface area contributed by atoms with Crippen molar-refractivity contribution in [3.05, 3.63) is 36.0 Å². The number of nitrogens with two attached hydrogens (primary N) is 1. The molecule has 2 rings (SSSR count). The molecule has 108 valence electrons. The Balaban J connectivity index is 2.26. The van der Waals surface area contributed by atoms with E-state index in [4.69, 9.17) is 5.73 Å². The molecular formula is C13H18N4O2S. The van der Waals surface area contributed by atoms with Crippen LogP contribution in [0.4, 0.5) is 11.5 Å². The Bertz CT molecular complexity index is 702. The lowest BCUT2D eigenvalue weighted by atomic mass is 10.0. The van der Waals surface area contributed by atoms with Gasteiger partial charge in [0.1, 0.15) is 4.90 Å². The van der Waals surface area contributed by atoms with E-state index in [0.717, 1.165) is 5.56 Å². The van der Waals surface area contributed by atoms with Crippen molar-refractivity contribution in [2.75, 3.05) is 10.5 Å². The minimum absolute atomic E-state index is 0.0150. The summed E-state index contributed by atoms with van der Waals surface area (Å²) in [6.07, 6.45) is 1.38. The van der Waals surface area contributed by atoms with Gasteiger partial charge in [0, 0.05) is 18.9 Å². The van der Waals surface area contributed by atoms with Gasteiger partial charge in [-0.1, -0.05) is 26.0 Å². The van der Waals surface area contributed by atoms with Crippen LogP contribution in [0.3, 0.4) is 0 Å². The third-order valence-electron chi connectivity index (χ3n) is 2.94. The van der Waals surface area contributed by atoms with E-state index in [2.05, 4.69) is 23.7 Å². The molecule has 0 bridgehead atoms. The number of hydrogen-bond donors (Lipinski definition) is 2. The predicted octanol–water partition coefficient (Wildman–Crippen LogP) is 1.93. The number of benzene rings is 1. The summed E-state index contributed by atoms with van der Waals surface area (Å²) in [5.41, 5.74) is 7.24.